The second kappa shape index (κ2) is 3.99. The summed E-state index contributed by atoms with van der Waals surface area (Å²) in [5.74, 6) is -0.841. The van der Waals surface area contributed by atoms with Gasteiger partial charge in [-0.3, -0.25) is 4.79 Å². The Bertz CT molecular complexity index is 296. The third-order valence-electron chi connectivity index (χ3n) is 1.87. The third kappa shape index (κ3) is 2.25. The Labute approximate surface area is 75.4 Å². The van der Waals surface area contributed by atoms with E-state index in [9.17, 15) is 4.79 Å². The van der Waals surface area contributed by atoms with E-state index in [4.69, 9.17) is 10.8 Å². The minimum Gasteiger partial charge on any atom is -0.481 e. The van der Waals surface area contributed by atoms with Crippen molar-refractivity contribution in [3.05, 3.63) is 12.2 Å². The first kappa shape index (κ1) is 9.66. The Morgan fingerprint density at radius 3 is 2.92 bits per heavy atom. The van der Waals surface area contributed by atoms with Crippen molar-refractivity contribution in [3.8, 4) is 0 Å². The summed E-state index contributed by atoms with van der Waals surface area (Å²) < 4.78 is 1.69. The molecule has 1 aromatic rings. The lowest BCUT2D eigenvalue weighted by molar-refractivity contribution is -0.141. The molecular weight excluding hydrogens is 172 g/mol. The highest BCUT2D eigenvalue weighted by molar-refractivity contribution is 5.70. The number of carboxylic acids is 1. The highest BCUT2D eigenvalue weighted by Gasteiger charge is 2.18. The maximum Gasteiger partial charge on any atom is 0.308 e. The van der Waals surface area contributed by atoms with Crippen molar-refractivity contribution in [2.24, 2.45) is 18.7 Å². The maximum absolute atomic E-state index is 10.6. The van der Waals surface area contributed by atoms with Gasteiger partial charge in [-0.25, -0.2) is 0 Å². The summed E-state index contributed by atoms with van der Waals surface area (Å²) in [4.78, 5) is 10.6. The molecule has 0 bridgehead atoms. The lowest BCUT2D eigenvalue weighted by Crippen LogP contribution is -2.26. The molecule has 1 atom stereocenters. The van der Waals surface area contributed by atoms with Gasteiger partial charge in [0.15, 0.2) is 0 Å². The second-order valence-electron chi connectivity index (χ2n) is 2.83. The summed E-state index contributed by atoms with van der Waals surface area (Å²) in [6.45, 7) is 0.113. The van der Waals surface area contributed by atoms with Crippen LogP contribution in [0.2, 0.25) is 0 Å². The van der Waals surface area contributed by atoms with Crippen LogP contribution in [0.15, 0.2) is 6.33 Å². The van der Waals surface area contributed by atoms with E-state index >= 15 is 0 Å². The van der Waals surface area contributed by atoms with Gasteiger partial charge in [0, 0.05) is 20.0 Å². The molecule has 1 heterocycles. The van der Waals surface area contributed by atoms with Gasteiger partial charge in [0.2, 0.25) is 0 Å². The van der Waals surface area contributed by atoms with Crippen molar-refractivity contribution >= 4 is 5.97 Å². The fraction of sp³-hybridized carbons (Fsp3) is 0.571. The van der Waals surface area contributed by atoms with Gasteiger partial charge in [-0.05, 0) is 0 Å². The van der Waals surface area contributed by atoms with Crippen molar-refractivity contribution in [2.45, 2.75) is 6.42 Å². The van der Waals surface area contributed by atoms with E-state index in [0.717, 1.165) is 0 Å². The van der Waals surface area contributed by atoms with Crippen molar-refractivity contribution in [1.29, 1.82) is 0 Å². The molecule has 3 N–H and O–H groups in total. The van der Waals surface area contributed by atoms with Crippen LogP contribution in [-0.2, 0) is 18.3 Å². The average Bonchev–Trinajstić information content (AvgIpc) is 2.46. The van der Waals surface area contributed by atoms with E-state index in [1.54, 1.807) is 11.6 Å². The Morgan fingerprint density at radius 1 is 1.85 bits per heavy atom. The number of aryl methyl sites for hydroxylation is 1. The molecule has 72 valence electrons. The zero-order valence-electron chi connectivity index (χ0n) is 7.34. The molecule has 0 fully saturated rings. The van der Waals surface area contributed by atoms with Crippen molar-refractivity contribution in [3.63, 3.8) is 0 Å². The Hall–Kier alpha value is -1.43. The predicted molar refractivity (Wildman–Crippen MR) is 44.9 cm³/mol. The van der Waals surface area contributed by atoms with E-state index in [0.29, 0.717) is 12.2 Å². The zero-order chi connectivity index (χ0) is 9.84. The number of carboxylic acid groups (broad SMARTS) is 1. The summed E-state index contributed by atoms with van der Waals surface area (Å²) in [7, 11) is 1.77. The van der Waals surface area contributed by atoms with Gasteiger partial charge in [0.05, 0.1) is 5.92 Å². The van der Waals surface area contributed by atoms with E-state index in [-0.39, 0.29) is 6.54 Å². The molecule has 0 spiro atoms. The molecule has 0 saturated carbocycles. The van der Waals surface area contributed by atoms with Gasteiger partial charge in [0.25, 0.3) is 0 Å². The monoisotopic (exact) mass is 184 g/mol. The van der Waals surface area contributed by atoms with Gasteiger partial charge in [0.1, 0.15) is 12.2 Å². The van der Waals surface area contributed by atoms with Crippen LogP contribution < -0.4 is 5.73 Å². The number of hydrogen-bond donors (Lipinski definition) is 2. The summed E-state index contributed by atoms with van der Waals surface area (Å²) in [5, 5.41) is 16.2. The smallest absolute Gasteiger partial charge is 0.308 e. The molecule has 1 rings (SSSR count). The first-order valence-electron chi connectivity index (χ1n) is 3.91. The summed E-state index contributed by atoms with van der Waals surface area (Å²) >= 11 is 0. The fourth-order valence-corrected chi connectivity index (χ4v) is 0.984. The van der Waals surface area contributed by atoms with Crippen LogP contribution in [0.1, 0.15) is 5.82 Å². The van der Waals surface area contributed by atoms with Crippen LogP contribution in [0.4, 0.5) is 0 Å². The number of nitrogens with two attached hydrogens (primary N) is 1. The SMILES string of the molecule is Cn1cnnc1CC(CN)C(=O)O. The summed E-state index contributed by atoms with van der Waals surface area (Å²) in [5.41, 5.74) is 5.30. The Kier molecular flexibility index (Phi) is 2.97. The van der Waals surface area contributed by atoms with Gasteiger partial charge >= 0.3 is 5.97 Å². The van der Waals surface area contributed by atoms with Gasteiger partial charge in [-0.15, -0.1) is 10.2 Å². The molecule has 0 aliphatic carbocycles. The number of aromatic nitrogens is 3. The van der Waals surface area contributed by atoms with Crippen LogP contribution in [-0.4, -0.2) is 32.4 Å². The minimum atomic E-state index is -0.898. The van der Waals surface area contributed by atoms with Crippen LogP contribution >= 0.6 is 0 Å². The Balaban J connectivity index is 2.67. The topological polar surface area (TPSA) is 94.0 Å². The number of rotatable bonds is 4. The van der Waals surface area contributed by atoms with E-state index in [1.807, 2.05) is 0 Å². The molecule has 0 aliphatic rings. The van der Waals surface area contributed by atoms with E-state index in [1.165, 1.54) is 6.33 Å². The molecule has 6 nitrogen and oxygen atoms in total. The van der Waals surface area contributed by atoms with E-state index in [2.05, 4.69) is 10.2 Å². The lowest BCUT2D eigenvalue weighted by Gasteiger charge is -2.07. The van der Waals surface area contributed by atoms with Crippen LogP contribution in [0.3, 0.4) is 0 Å². The molecule has 0 radical (unpaired) electrons. The number of nitrogens with zero attached hydrogens (tertiary/aromatic N) is 3. The second-order valence-corrected chi connectivity index (χ2v) is 2.83. The average molecular weight is 184 g/mol. The molecule has 0 aromatic carbocycles. The van der Waals surface area contributed by atoms with E-state index < -0.39 is 11.9 Å². The molecule has 0 amide bonds. The molecule has 0 saturated heterocycles. The van der Waals surface area contributed by atoms with Crippen molar-refractivity contribution in [2.75, 3.05) is 6.54 Å². The molecule has 1 unspecified atom stereocenters. The molecule has 0 aliphatic heterocycles. The summed E-state index contributed by atoms with van der Waals surface area (Å²) in [6.07, 6.45) is 1.85. The van der Waals surface area contributed by atoms with Crippen LogP contribution in [0.25, 0.3) is 0 Å². The highest BCUT2D eigenvalue weighted by atomic mass is 16.4. The minimum absolute atomic E-state index is 0.113. The number of hydrogen-bond acceptors (Lipinski definition) is 4. The first-order valence-corrected chi connectivity index (χ1v) is 3.91. The molecular formula is C7H12N4O2. The van der Waals surface area contributed by atoms with Crippen LogP contribution in [0, 0.1) is 5.92 Å². The predicted octanol–water partition coefficient (Wildman–Crippen LogP) is -0.983. The zero-order valence-corrected chi connectivity index (χ0v) is 7.34. The molecule has 6 heteroatoms. The maximum atomic E-state index is 10.6. The Morgan fingerprint density at radius 2 is 2.54 bits per heavy atom. The molecule has 13 heavy (non-hydrogen) atoms. The number of carbonyl (C=O) groups is 1. The van der Waals surface area contributed by atoms with Crippen molar-refractivity contribution < 1.29 is 9.90 Å². The summed E-state index contributed by atoms with van der Waals surface area (Å²) in [6, 6.07) is 0. The quantitative estimate of drug-likeness (QED) is 0.627. The lowest BCUT2D eigenvalue weighted by atomic mass is 10.1. The van der Waals surface area contributed by atoms with Crippen molar-refractivity contribution in [1.82, 2.24) is 14.8 Å². The standard InChI is InChI=1S/C7H12N4O2/c1-11-4-9-10-6(11)2-5(3-8)7(12)13/h4-5H,2-3,8H2,1H3,(H,12,13). The van der Waals surface area contributed by atoms with Gasteiger partial charge < -0.3 is 15.4 Å². The fourth-order valence-electron chi connectivity index (χ4n) is 0.984. The first-order chi connectivity index (χ1) is 6.15. The normalized spacial score (nSPS) is 12.8. The van der Waals surface area contributed by atoms with Crippen LogP contribution in [0.5, 0.6) is 0 Å². The van der Waals surface area contributed by atoms with Gasteiger partial charge in [-0.1, -0.05) is 0 Å². The molecule has 1 aromatic heterocycles. The largest absolute Gasteiger partial charge is 0.481 e. The van der Waals surface area contributed by atoms with Gasteiger partial charge in [-0.2, -0.15) is 0 Å². The highest BCUT2D eigenvalue weighted by Crippen LogP contribution is 2.04. The number of aliphatic carboxylic acids is 1. The third-order valence-corrected chi connectivity index (χ3v) is 1.87.